The van der Waals surface area contributed by atoms with E-state index in [-0.39, 0.29) is 23.8 Å². The van der Waals surface area contributed by atoms with Gasteiger partial charge in [-0.25, -0.2) is 0 Å². The third kappa shape index (κ3) is 2.13. The van der Waals surface area contributed by atoms with Crippen molar-refractivity contribution >= 4 is 11.9 Å². The maximum absolute atomic E-state index is 11.6. The van der Waals surface area contributed by atoms with E-state index in [9.17, 15) is 9.59 Å². The first-order valence-electron chi connectivity index (χ1n) is 5.64. The second-order valence-corrected chi connectivity index (χ2v) is 4.79. The number of hydrogen-bond donors (Lipinski definition) is 2. The van der Waals surface area contributed by atoms with Crippen molar-refractivity contribution in [1.82, 2.24) is 5.32 Å². The van der Waals surface area contributed by atoms with Crippen LogP contribution >= 0.6 is 0 Å². The summed E-state index contributed by atoms with van der Waals surface area (Å²) in [6.45, 7) is -0.245. The minimum atomic E-state index is -0.971. The van der Waals surface area contributed by atoms with Gasteiger partial charge in [0.1, 0.15) is 6.54 Å². The summed E-state index contributed by atoms with van der Waals surface area (Å²) in [5, 5.41) is 10.9. The van der Waals surface area contributed by atoms with E-state index in [4.69, 9.17) is 5.11 Å². The van der Waals surface area contributed by atoms with Crippen molar-refractivity contribution in [3.05, 3.63) is 0 Å². The molecule has 0 heterocycles. The summed E-state index contributed by atoms with van der Waals surface area (Å²) in [6, 6.07) is 0. The molecule has 2 N–H and O–H groups in total. The molecule has 1 spiro atoms. The largest absolute Gasteiger partial charge is 0.480 e. The molecule has 0 aromatic carbocycles. The van der Waals surface area contributed by atoms with Crippen LogP contribution in [0, 0.1) is 11.3 Å². The van der Waals surface area contributed by atoms with Crippen LogP contribution in [-0.2, 0) is 9.59 Å². The molecule has 2 fully saturated rings. The van der Waals surface area contributed by atoms with Gasteiger partial charge in [0.05, 0.1) is 0 Å². The molecule has 84 valence electrons. The third-order valence-electron chi connectivity index (χ3n) is 3.77. The lowest BCUT2D eigenvalue weighted by Crippen LogP contribution is -2.32. The fourth-order valence-electron chi connectivity index (χ4n) is 2.81. The van der Waals surface area contributed by atoms with Crippen molar-refractivity contribution in [2.24, 2.45) is 11.3 Å². The molecule has 2 rings (SSSR count). The summed E-state index contributed by atoms with van der Waals surface area (Å²) >= 11 is 0. The van der Waals surface area contributed by atoms with Crippen molar-refractivity contribution in [1.29, 1.82) is 0 Å². The second kappa shape index (κ2) is 3.83. The van der Waals surface area contributed by atoms with Crippen LogP contribution in [0.3, 0.4) is 0 Å². The highest BCUT2D eigenvalue weighted by Gasteiger charge is 2.57. The van der Waals surface area contributed by atoms with Crippen molar-refractivity contribution in [3.8, 4) is 0 Å². The van der Waals surface area contributed by atoms with Gasteiger partial charge in [0.2, 0.25) is 5.91 Å². The molecule has 15 heavy (non-hydrogen) atoms. The number of amides is 1. The molecule has 0 aliphatic heterocycles. The molecule has 0 aromatic rings. The molecule has 2 saturated carbocycles. The number of carbonyl (C=O) groups is 2. The van der Waals surface area contributed by atoms with E-state index in [1.54, 1.807) is 0 Å². The van der Waals surface area contributed by atoms with Gasteiger partial charge in [-0.05, 0) is 24.7 Å². The molecule has 1 atom stereocenters. The van der Waals surface area contributed by atoms with Crippen LogP contribution < -0.4 is 5.32 Å². The van der Waals surface area contributed by atoms with Gasteiger partial charge in [-0.2, -0.15) is 0 Å². The van der Waals surface area contributed by atoms with E-state index in [0.717, 1.165) is 19.3 Å². The summed E-state index contributed by atoms with van der Waals surface area (Å²) in [7, 11) is 0. The second-order valence-electron chi connectivity index (χ2n) is 4.79. The Labute approximate surface area is 89.0 Å². The number of carboxylic acid groups (broad SMARTS) is 1. The normalized spacial score (nSPS) is 27.3. The van der Waals surface area contributed by atoms with Crippen LogP contribution in [0.25, 0.3) is 0 Å². The predicted molar refractivity (Wildman–Crippen MR) is 54.3 cm³/mol. The molecular weight excluding hydrogens is 194 g/mol. The first-order valence-corrected chi connectivity index (χ1v) is 5.64. The number of carboxylic acids is 1. The number of rotatable bonds is 3. The van der Waals surface area contributed by atoms with Gasteiger partial charge in [0.25, 0.3) is 0 Å². The maximum Gasteiger partial charge on any atom is 0.322 e. The Bertz CT molecular complexity index is 282. The Morgan fingerprint density at radius 1 is 1.27 bits per heavy atom. The molecule has 2 aliphatic carbocycles. The van der Waals surface area contributed by atoms with Crippen LogP contribution in [0.4, 0.5) is 0 Å². The summed E-state index contributed by atoms with van der Waals surface area (Å²) in [4.78, 5) is 21.9. The van der Waals surface area contributed by atoms with E-state index in [1.165, 1.54) is 19.3 Å². The Hall–Kier alpha value is -1.06. The first kappa shape index (κ1) is 10.5. The zero-order chi connectivity index (χ0) is 10.9. The minimum absolute atomic E-state index is 0.0562. The molecular formula is C11H17NO3. The van der Waals surface area contributed by atoms with Gasteiger partial charge < -0.3 is 10.4 Å². The minimum Gasteiger partial charge on any atom is -0.480 e. The van der Waals surface area contributed by atoms with Crippen LogP contribution in [0.2, 0.25) is 0 Å². The Morgan fingerprint density at radius 2 is 1.93 bits per heavy atom. The maximum atomic E-state index is 11.6. The molecule has 0 saturated heterocycles. The van der Waals surface area contributed by atoms with E-state index < -0.39 is 5.97 Å². The molecule has 0 radical (unpaired) electrons. The van der Waals surface area contributed by atoms with Crippen molar-refractivity contribution < 1.29 is 14.7 Å². The average molecular weight is 211 g/mol. The highest BCUT2D eigenvalue weighted by molar-refractivity contribution is 5.85. The first-order chi connectivity index (χ1) is 7.14. The molecule has 4 heteroatoms. The van der Waals surface area contributed by atoms with E-state index in [1.807, 2.05) is 0 Å². The van der Waals surface area contributed by atoms with Crippen LogP contribution in [0.15, 0.2) is 0 Å². The highest BCUT2D eigenvalue weighted by atomic mass is 16.4. The third-order valence-corrected chi connectivity index (χ3v) is 3.77. The van der Waals surface area contributed by atoms with Crippen molar-refractivity contribution in [2.75, 3.05) is 6.54 Å². The van der Waals surface area contributed by atoms with Crippen LogP contribution in [-0.4, -0.2) is 23.5 Å². The predicted octanol–water partition coefficient (Wildman–Crippen LogP) is 1.16. The fourth-order valence-corrected chi connectivity index (χ4v) is 2.81. The van der Waals surface area contributed by atoms with Gasteiger partial charge in [-0.1, -0.05) is 19.3 Å². The Morgan fingerprint density at radius 3 is 2.53 bits per heavy atom. The smallest absolute Gasteiger partial charge is 0.322 e. The lowest BCUT2D eigenvalue weighted by molar-refractivity contribution is -0.138. The van der Waals surface area contributed by atoms with Crippen LogP contribution in [0.1, 0.15) is 38.5 Å². The lowest BCUT2D eigenvalue weighted by Gasteiger charge is -2.21. The molecule has 4 nitrogen and oxygen atoms in total. The van der Waals surface area contributed by atoms with Crippen LogP contribution in [0.5, 0.6) is 0 Å². The summed E-state index contributed by atoms with van der Waals surface area (Å²) < 4.78 is 0. The Balaban J connectivity index is 1.81. The van der Waals surface area contributed by atoms with Crippen molar-refractivity contribution in [3.63, 3.8) is 0 Å². The van der Waals surface area contributed by atoms with Gasteiger partial charge in [0, 0.05) is 5.92 Å². The molecule has 0 unspecified atom stereocenters. The van der Waals surface area contributed by atoms with Crippen molar-refractivity contribution in [2.45, 2.75) is 38.5 Å². The molecule has 0 aromatic heterocycles. The SMILES string of the molecule is O=C(O)CNC(=O)[C@H]1CC12CCCCC2. The summed E-state index contributed by atoms with van der Waals surface area (Å²) in [5.41, 5.74) is 0.251. The number of hydrogen-bond acceptors (Lipinski definition) is 2. The fraction of sp³-hybridized carbons (Fsp3) is 0.818. The zero-order valence-corrected chi connectivity index (χ0v) is 8.79. The van der Waals surface area contributed by atoms with Gasteiger partial charge in [0.15, 0.2) is 0 Å². The lowest BCUT2D eigenvalue weighted by atomic mass is 9.84. The highest BCUT2D eigenvalue weighted by Crippen LogP contribution is 2.61. The number of carbonyl (C=O) groups excluding carboxylic acids is 1. The van der Waals surface area contributed by atoms with Gasteiger partial charge >= 0.3 is 5.97 Å². The van der Waals surface area contributed by atoms with E-state index in [2.05, 4.69) is 5.32 Å². The number of nitrogens with one attached hydrogen (secondary N) is 1. The van der Waals surface area contributed by atoms with E-state index in [0.29, 0.717) is 0 Å². The van der Waals surface area contributed by atoms with Gasteiger partial charge in [-0.15, -0.1) is 0 Å². The summed E-state index contributed by atoms with van der Waals surface area (Å²) in [5.74, 6) is -0.932. The topological polar surface area (TPSA) is 66.4 Å². The average Bonchev–Trinajstić information content (AvgIpc) is 2.90. The zero-order valence-electron chi connectivity index (χ0n) is 8.79. The molecule has 1 amide bonds. The monoisotopic (exact) mass is 211 g/mol. The standard InChI is InChI=1S/C11H17NO3/c13-9(14)7-12-10(15)8-6-11(8)4-2-1-3-5-11/h8H,1-7H2,(H,12,15)(H,13,14)/t8-/m1/s1. The molecule has 0 bridgehead atoms. The van der Waals surface area contributed by atoms with Gasteiger partial charge in [-0.3, -0.25) is 9.59 Å². The van der Waals surface area contributed by atoms with E-state index >= 15 is 0 Å². The summed E-state index contributed by atoms with van der Waals surface area (Å²) in [6.07, 6.45) is 7.01. The number of aliphatic carboxylic acids is 1. The molecule has 2 aliphatic rings. The Kier molecular flexibility index (Phi) is 2.67. The quantitative estimate of drug-likeness (QED) is 0.736.